The number of halogens is 2. The maximum atomic E-state index is 6.20. The molecule has 20 heavy (non-hydrogen) atoms. The highest BCUT2D eigenvalue weighted by atomic mass is 79.9. The van der Waals surface area contributed by atoms with Crippen molar-refractivity contribution in [2.75, 3.05) is 17.7 Å². The number of aromatic nitrogens is 2. The summed E-state index contributed by atoms with van der Waals surface area (Å²) >= 11 is 9.59. The number of hydrogen-bond acceptors (Lipinski definition) is 4. The van der Waals surface area contributed by atoms with Gasteiger partial charge >= 0.3 is 0 Å². The molecule has 1 aromatic heterocycles. The van der Waals surface area contributed by atoms with Crippen LogP contribution in [-0.2, 0) is 0 Å². The molecule has 2 N–H and O–H groups in total. The summed E-state index contributed by atoms with van der Waals surface area (Å²) in [7, 11) is 1.84. The van der Waals surface area contributed by atoms with Gasteiger partial charge in [0.25, 0.3) is 0 Å². The smallest absolute Gasteiger partial charge is 0.136 e. The minimum atomic E-state index is 0.254. The van der Waals surface area contributed by atoms with Crippen molar-refractivity contribution in [1.82, 2.24) is 9.97 Å². The third-order valence-electron chi connectivity index (χ3n) is 2.71. The Hall–Kier alpha value is -1.33. The van der Waals surface area contributed by atoms with E-state index in [-0.39, 0.29) is 5.92 Å². The average molecular weight is 356 g/mol. The predicted molar refractivity (Wildman–Crippen MR) is 88.1 cm³/mol. The van der Waals surface area contributed by atoms with Gasteiger partial charge in [0.15, 0.2) is 0 Å². The summed E-state index contributed by atoms with van der Waals surface area (Å²) in [5, 5.41) is 6.90. The van der Waals surface area contributed by atoms with Gasteiger partial charge < -0.3 is 10.6 Å². The second kappa shape index (κ2) is 6.41. The molecule has 2 aromatic rings. The van der Waals surface area contributed by atoms with Crippen LogP contribution in [0.1, 0.15) is 25.6 Å². The Labute approximate surface area is 132 Å². The number of nitrogens with one attached hydrogen (secondary N) is 2. The molecule has 0 bridgehead atoms. The molecule has 1 aromatic carbocycles. The van der Waals surface area contributed by atoms with Crippen molar-refractivity contribution >= 4 is 44.9 Å². The summed E-state index contributed by atoms with van der Waals surface area (Å²) in [6.07, 6.45) is 0. The predicted octanol–water partition coefficient (Wildman–Crippen LogP) is 4.80. The highest BCUT2D eigenvalue weighted by molar-refractivity contribution is 9.10. The molecule has 0 radical (unpaired) electrons. The fourth-order valence-electron chi connectivity index (χ4n) is 1.65. The molecule has 0 aliphatic carbocycles. The Balaban J connectivity index is 2.34. The quantitative estimate of drug-likeness (QED) is 0.827. The molecular weight excluding hydrogens is 340 g/mol. The molecule has 106 valence electrons. The van der Waals surface area contributed by atoms with Gasteiger partial charge in [0.05, 0.1) is 10.7 Å². The van der Waals surface area contributed by atoms with Crippen molar-refractivity contribution in [3.63, 3.8) is 0 Å². The van der Waals surface area contributed by atoms with Crippen LogP contribution in [0.3, 0.4) is 0 Å². The Morgan fingerprint density at radius 2 is 1.85 bits per heavy atom. The highest BCUT2D eigenvalue weighted by Crippen LogP contribution is 2.28. The van der Waals surface area contributed by atoms with Crippen LogP contribution >= 0.6 is 27.5 Å². The van der Waals surface area contributed by atoms with Gasteiger partial charge in [-0.2, -0.15) is 0 Å². The molecule has 0 saturated heterocycles. The highest BCUT2D eigenvalue weighted by Gasteiger charge is 2.09. The minimum absolute atomic E-state index is 0.254. The first kappa shape index (κ1) is 15.1. The largest absolute Gasteiger partial charge is 0.373 e. The van der Waals surface area contributed by atoms with Crippen LogP contribution in [0.5, 0.6) is 0 Å². The summed E-state index contributed by atoms with van der Waals surface area (Å²) in [5.74, 6) is 2.54. The number of benzene rings is 1. The molecule has 0 saturated carbocycles. The van der Waals surface area contributed by atoms with Crippen LogP contribution in [0.15, 0.2) is 28.7 Å². The van der Waals surface area contributed by atoms with Gasteiger partial charge in [-0.15, -0.1) is 0 Å². The van der Waals surface area contributed by atoms with Crippen molar-refractivity contribution < 1.29 is 0 Å². The molecular formula is C14H16BrClN4. The SMILES string of the molecule is CNc1cc(Nc2ccc(Br)cc2Cl)nc(C(C)C)n1. The maximum Gasteiger partial charge on any atom is 0.136 e. The van der Waals surface area contributed by atoms with Gasteiger partial charge in [0.2, 0.25) is 0 Å². The Morgan fingerprint density at radius 1 is 1.15 bits per heavy atom. The third-order valence-corrected chi connectivity index (χ3v) is 3.52. The molecule has 0 aliphatic heterocycles. The fraction of sp³-hybridized carbons (Fsp3) is 0.286. The van der Waals surface area contributed by atoms with Crippen molar-refractivity contribution in [2.45, 2.75) is 19.8 Å². The average Bonchev–Trinajstić information content (AvgIpc) is 2.41. The lowest BCUT2D eigenvalue weighted by atomic mass is 10.2. The Kier molecular flexibility index (Phi) is 4.83. The van der Waals surface area contributed by atoms with Crippen molar-refractivity contribution in [2.24, 2.45) is 0 Å². The van der Waals surface area contributed by atoms with Crippen LogP contribution in [0.4, 0.5) is 17.3 Å². The number of hydrogen-bond donors (Lipinski definition) is 2. The van der Waals surface area contributed by atoms with E-state index >= 15 is 0 Å². The zero-order valence-electron chi connectivity index (χ0n) is 11.5. The zero-order valence-corrected chi connectivity index (χ0v) is 13.9. The topological polar surface area (TPSA) is 49.8 Å². The molecule has 0 fully saturated rings. The van der Waals surface area contributed by atoms with Crippen LogP contribution < -0.4 is 10.6 Å². The summed E-state index contributed by atoms with van der Waals surface area (Å²) in [6.45, 7) is 4.12. The van der Waals surface area contributed by atoms with Crippen molar-refractivity contribution in [1.29, 1.82) is 0 Å². The van der Waals surface area contributed by atoms with E-state index in [0.29, 0.717) is 5.02 Å². The standard InChI is InChI=1S/C14H16BrClN4/c1-8(2)14-19-12(17-3)7-13(20-14)18-11-5-4-9(15)6-10(11)16/h4-8H,1-3H3,(H2,17,18,19,20). The zero-order chi connectivity index (χ0) is 14.7. The van der Waals surface area contributed by atoms with Gasteiger partial charge in [-0.25, -0.2) is 9.97 Å². The first-order valence-corrected chi connectivity index (χ1v) is 7.45. The molecule has 0 spiro atoms. The van der Waals surface area contributed by atoms with Gasteiger partial charge in [-0.3, -0.25) is 0 Å². The Morgan fingerprint density at radius 3 is 2.45 bits per heavy atom. The second-order valence-electron chi connectivity index (χ2n) is 4.65. The molecule has 4 nitrogen and oxygen atoms in total. The van der Waals surface area contributed by atoms with Crippen molar-refractivity contribution in [3.05, 3.63) is 39.6 Å². The van der Waals surface area contributed by atoms with E-state index in [9.17, 15) is 0 Å². The second-order valence-corrected chi connectivity index (χ2v) is 5.97. The van der Waals surface area contributed by atoms with Gasteiger partial charge in [-0.05, 0) is 18.2 Å². The fourth-order valence-corrected chi connectivity index (χ4v) is 2.37. The van der Waals surface area contributed by atoms with E-state index < -0.39 is 0 Å². The van der Waals surface area contributed by atoms with Gasteiger partial charge in [-0.1, -0.05) is 41.4 Å². The van der Waals surface area contributed by atoms with Crippen LogP contribution in [0.2, 0.25) is 5.02 Å². The van der Waals surface area contributed by atoms with Crippen LogP contribution in [-0.4, -0.2) is 17.0 Å². The van der Waals surface area contributed by atoms with Gasteiger partial charge in [0.1, 0.15) is 17.5 Å². The number of rotatable bonds is 4. The van der Waals surface area contributed by atoms with E-state index in [0.717, 1.165) is 27.6 Å². The Bertz CT molecular complexity index is 616. The van der Waals surface area contributed by atoms with E-state index in [2.05, 4.69) is 50.4 Å². The third kappa shape index (κ3) is 3.61. The lowest BCUT2D eigenvalue weighted by Crippen LogP contribution is -2.05. The lowest BCUT2D eigenvalue weighted by molar-refractivity contribution is 0.778. The lowest BCUT2D eigenvalue weighted by Gasteiger charge is -2.12. The summed E-state index contributed by atoms with van der Waals surface area (Å²) in [5.41, 5.74) is 0.810. The number of anilines is 3. The molecule has 1 heterocycles. The molecule has 0 atom stereocenters. The summed E-state index contributed by atoms with van der Waals surface area (Å²) in [4.78, 5) is 8.93. The first-order valence-electron chi connectivity index (χ1n) is 6.28. The van der Waals surface area contributed by atoms with E-state index in [1.807, 2.05) is 31.3 Å². The summed E-state index contributed by atoms with van der Waals surface area (Å²) in [6, 6.07) is 7.53. The van der Waals surface area contributed by atoms with E-state index in [1.165, 1.54) is 0 Å². The molecule has 6 heteroatoms. The maximum absolute atomic E-state index is 6.20. The number of nitrogens with zero attached hydrogens (tertiary/aromatic N) is 2. The summed E-state index contributed by atoms with van der Waals surface area (Å²) < 4.78 is 0.939. The monoisotopic (exact) mass is 354 g/mol. The van der Waals surface area contributed by atoms with Crippen molar-refractivity contribution in [3.8, 4) is 0 Å². The molecule has 0 unspecified atom stereocenters. The van der Waals surface area contributed by atoms with Crippen LogP contribution in [0, 0.1) is 0 Å². The van der Waals surface area contributed by atoms with E-state index in [1.54, 1.807) is 0 Å². The molecule has 0 amide bonds. The first-order chi connectivity index (χ1) is 9.49. The molecule has 2 rings (SSSR count). The molecule has 0 aliphatic rings. The normalized spacial score (nSPS) is 10.7. The van der Waals surface area contributed by atoms with Crippen LogP contribution in [0.25, 0.3) is 0 Å². The van der Waals surface area contributed by atoms with Gasteiger partial charge in [0, 0.05) is 23.5 Å². The minimum Gasteiger partial charge on any atom is -0.373 e. The van der Waals surface area contributed by atoms with E-state index in [4.69, 9.17) is 11.6 Å².